The maximum atomic E-state index is 6.03. The summed E-state index contributed by atoms with van der Waals surface area (Å²) in [5.74, 6) is -0.465. The van der Waals surface area contributed by atoms with Crippen LogP contribution in [0, 0.1) is 5.41 Å². The topological polar surface area (TPSA) is 27.7 Å². The van der Waals surface area contributed by atoms with Crippen LogP contribution in [-0.4, -0.2) is 31.2 Å². The van der Waals surface area contributed by atoms with Gasteiger partial charge in [-0.2, -0.15) is 0 Å². The molecule has 0 unspecified atom stereocenters. The number of ether oxygens (including phenoxy) is 3. The van der Waals surface area contributed by atoms with Crippen molar-refractivity contribution in [1.82, 2.24) is 0 Å². The van der Waals surface area contributed by atoms with Crippen molar-refractivity contribution in [3.63, 3.8) is 0 Å². The molecular formula is C13H22O3. The van der Waals surface area contributed by atoms with Crippen LogP contribution in [0.3, 0.4) is 0 Å². The highest BCUT2D eigenvalue weighted by Crippen LogP contribution is 2.41. The Kier molecular flexibility index (Phi) is 3.12. The Balaban J connectivity index is 2.08. The van der Waals surface area contributed by atoms with Crippen LogP contribution in [-0.2, 0) is 14.2 Å². The number of hydrogen-bond donors (Lipinski definition) is 0. The minimum absolute atomic E-state index is 0.0494. The van der Waals surface area contributed by atoms with Crippen molar-refractivity contribution in [2.24, 2.45) is 5.41 Å². The quantitative estimate of drug-likeness (QED) is 0.689. The van der Waals surface area contributed by atoms with E-state index in [4.69, 9.17) is 14.2 Å². The Morgan fingerprint density at radius 1 is 1.50 bits per heavy atom. The molecule has 0 N–H and O–H groups in total. The first-order chi connectivity index (χ1) is 7.53. The molecule has 3 atom stereocenters. The SMILES string of the molecule is C=CC(C)(C)[C@@H]1OC[C@@]2(CCC)OC[C@@H]1O2. The van der Waals surface area contributed by atoms with Gasteiger partial charge < -0.3 is 14.2 Å². The second kappa shape index (κ2) is 4.13. The van der Waals surface area contributed by atoms with Crippen molar-refractivity contribution in [3.8, 4) is 0 Å². The van der Waals surface area contributed by atoms with E-state index < -0.39 is 5.79 Å². The van der Waals surface area contributed by atoms with Crippen molar-refractivity contribution < 1.29 is 14.2 Å². The summed E-state index contributed by atoms with van der Waals surface area (Å²) in [5, 5.41) is 0. The Bertz CT molecular complexity index is 274. The van der Waals surface area contributed by atoms with E-state index >= 15 is 0 Å². The van der Waals surface area contributed by atoms with Crippen molar-refractivity contribution in [1.29, 1.82) is 0 Å². The summed E-state index contributed by atoms with van der Waals surface area (Å²) >= 11 is 0. The minimum atomic E-state index is -0.465. The van der Waals surface area contributed by atoms with E-state index in [-0.39, 0.29) is 17.6 Å². The lowest BCUT2D eigenvalue weighted by Gasteiger charge is -2.41. The lowest BCUT2D eigenvalue weighted by Crippen LogP contribution is -2.51. The zero-order valence-corrected chi connectivity index (χ0v) is 10.5. The highest BCUT2D eigenvalue weighted by atomic mass is 16.8. The van der Waals surface area contributed by atoms with Gasteiger partial charge >= 0.3 is 0 Å². The Hall–Kier alpha value is -0.380. The van der Waals surface area contributed by atoms with Gasteiger partial charge in [0.05, 0.1) is 12.7 Å². The molecule has 2 saturated heterocycles. The highest BCUT2D eigenvalue weighted by molar-refractivity contribution is 5.01. The van der Waals surface area contributed by atoms with Gasteiger partial charge in [0.2, 0.25) is 0 Å². The van der Waals surface area contributed by atoms with Crippen molar-refractivity contribution in [2.45, 2.75) is 51.6 Å². The smallest absolute Gasteiger partial charge is 0.192 e. The molecule has 3 heteroatoms. The highest BCUT2D eigenvalue weighted by Gasteiger charge is 2.52. The second-order valence-electron chi connectivity index (χ2n) is 5.39. The zero-order valence-electron chi connectivity index (χ0n) is 10.5. The van der Waals surface area contributed by atoms with Crippen LogP contribution in [0.4, 0.5) is 0 Å². The fraction of sp³-hybridized carbons (Fsp3) is 0.846. The van der Waals surface area contributed by atoms with Gasteiger partial charge in [-0.05, 0) is 0 Å². The molecule has 0 aromatic carbocycles. The molecule has 0 aliphatic carbocycles. The molecule has 2 heterocycles. The van der Waals surface area contributed by atoms with Crippen molar-refractivity contribution >= 4 is 0 Å². The molecule has 0 amide bonds. The molecule has 2 fully saturated rings. The summed E-state index contributed by atoms with van der Waals surface area (Å²) in [4.78, 5) is 0. The van der Waals surface area contributed by atoms with Crippen LogP contribution < -0.4 is 0 Å². The summed E-state index contributed by atoms with van der Waals surface area (Å²) in [6.45, 7) is 11.4. The van der Waals surface area contributed by atoms with E-state index in [0.29, 0.717) is 13.2 Å². The van der Waals surface area contributed by atoms with Gasteiger partial charge in [-0.1, -0.05) is 33.3 Å². The standard InChI is InChI=1S/C13H22O3/c1-5-7-13-9-14-11(12(3,4)6-2)10(16-13)8-15-13/h6,10-11H,2,5,7-9H2,1,3-4H3/t10-,11+,13-/m0/s1. The molecular weight excluding hydrogens is 204 g/mol. The largest absolute Gasteiger partial charge is 0.369 e. The molecule has 0 radical (unpaired) electrons. The molecule has 0 aromatic heterocycles. The van der Waals surface area contributed by atoms with Crippen LogP contribution in [0.2, 0.25) is 0 Å². The maximum absolute atomic E-state index is 6.03. The van der Waals surface area contributed by atoms with Gasteiger partial charge in [-0.15, -0.1) is 6.58 Å². The second-order valence-corrected chi connectivity index (χ2v) is 5.39. The van der Waals surface area contributed by atoms with Gasteiger partial charge in [0.25, 0.3) is 0 Å². The minimum Gasteiger partial charge on any atom is -0.369 e. The Labute approximate surface area is 97.8 Å². The van der Waals surface area contributed by atoms with Crippen LogP contribution in [0.5, 0.6) is 0 Å². The molecule has 2 bridgehead atoms. The Morgan fingerprint density at radius 2 is 2.25 bits per heavy atom. The molecule has 0 spiro atoms. The van der Waals surface area contributed by atoms with E-state index in [9.17, 15) is 0 Å². The predicted molar refractivity (Wildman–Crippen MR) is 62.2 cm³/mol. The van der Waals surface area contributed by atoms with Gasteiger partial charge in [-0.25, -0.2) is 0 Å². The zero-order chi connectivity index (χ0) is 11.8. The lowest BCUT2D eigenvalue weighted by molar-refractivity contribution is -0.270. The lowest BCUT2D eigenvalue weighted by atomic mass is 9.83. The predicted octanol–water partition coefficient (Wildman–Crippen LogP) is 2.51. The molecule has 16 heavy (non-hydrogen) atoms. The van der Waals surface area contributed by atoms with Gasteiger partial charge in [0.15, 0.2) is 5.79 Å². The molecule has 0 saturated carbocycles. The van der Waals surface area contributed by atoms with E-state index in [2.05, 4.69) is 27.4 Å². The van der Waals surface area contributed by atoms with Crippen LogP contribution in [0.1, 0.15) is 33.6 Å². The fourth-order valence-corrected chi connectivity index (χ4v) is 2.52. The summed E-state index contributed by atoms with van der Waals surface area (Å²) in [6.07, 6.45) is 3.99. The van der Waals surface area contributed by atoms with E-state index in [1.807, 2.05) is 6.08 Å². The summed E-state index contributed by atoms with van der Waals surface area (Å²) < 4.78 is 17.8. The van der Waals surface area contributed by atoms with Gasteiger partial charge in [0.1, 0.15) is 12.7 Å². The number of rotatable bonds is 4. The first-order valence-corrected chi connectivity index (χ1v) is 6.10. The van der Waals surface area contributed by atoms with Crippen LogP contribution in [0.25, 0.3) is 0 Å². The molecule has 92 valence electrons. The normalized spacial score (nSPS) is 38.7. The first-order valence-electron chi connectivity index (χ1n) is 6.10. The van der Waals surface area contributed by atoms with Crippen molar-refractivity contribution in [3.05, 3.63) is 12.7 Å². The van der Waals surface area contributed by atoms with E-state index in [1.54, 1.807) is 0 Å². The van der Waals surface area contributed by atoms with E-state index in [1.165, 1.54) is 0 Å². The van der Waals surface area contributed by atoms with Crippen LogP contribution in [0.15, 0.2) is 12.7 Å². The number of fused-ring (bicyclic) bond motifs is 2. The maximum Gasteiger partial charge on any atom is 0.192 e. The summed E-state index contributed by atoms with van der Waals surface area (Å²) in [7, 11) is 0. The number of hydrogen-bond acceptors (Lipinski definition) is 3. The third-order valence-electron chi connectivity index (χ3n) is 3.59. The van der Waals surface area contributed by atoms with Crippen molar-refractivity contribution in [2.75, 3.05) is 13.2 Å². The third-order valence-corrected chi connectivity index (χ3v) is 3.59. The summed E-state index contributed by atoms with van der Waals surface area (Å²) in [6, 6.07) is 0. The monoisotopic (exact) mass is 226 g/mol. The third kappa shape index (κ3) is 1.92. The van der Waals surface area contributed by atoms with Crippen LogP contribution >= 0.6 is 0 Å². The van der Waals surface area contributed by atoms with Gasteiger partial charge in [-0.3, -0.25) is 0 Å². The molecule has 2 aliphatic heterocycles. The van der Waals surface area contributed by atoms with E-state index in [0.717, 1.165) is 12.8 Å². The summed E-state index contributed by atoms with van der Waals surface area (Å²) in [5.41, 5.74) is -0.0727. The Morgan fingerprint density at radius 3 is 2.88 bits per heavy atom. The van der Waals surface area contributed by atoms with Gasteiger partial charge in [0, 0.05) is 11.8 Å². The first kappa shape index (κ1) is 12.1. The average molecular weight is 226 g/mol. The molecule has 3 nitrogen and oxygen atoms in total. The average Bonchev–Trinajstić information content (AvgIpc) is 2.56. The molecule has 0 aromatic rings. The molecule has 2 rings (SSSR count). The molecule has 2 aliphatic rings. The fourth-order valence-electron chi connectivity index (χ4n) is 2.52.